The summed E-state index contributed by atoms with van der Waals surface area (Å²) in [4.78, 5) is 0. The Morgan fingerprint density at radius 2 is 1.81 bits per heavy atom. The largest absolute Gasteiger partial charge is 0.508 e. The fourth-order valence-corrected chi connectivity index (χ4v) is 2.17. The van der Waals surface area contributed by atoms with Gasteiger partial charge in [0.15, 0.2) is 11.5 Å². The second-order valence-electron chi connectivity index (χ2n) is 4.89. The third-order valence-corrected chi connectivity index (χ3v) is 3.43. The summed E-state index contributed by atoms with van der Waals surface area (Å²) in [6.07, 6.45) is 0. The van der Waals surface area contributed by atoms with Gasteiger partial charge in [0.1, 0.15) is 5.75 Å². The van der Waals surface area contributed by atoms with Crippen LogP contribution < -0.4 is 14.8 Å². The Morgan fingerprint density at radius 3 is 2.48 bits per heavy atom. The van der Waals surface area contributed by atoms with Crippen molar-refractivity contribution in [3.63, 3.8) is 0 Å². The fourth-order valence-electron chi connectivity index (χ4n) is 2.17. The molecule has 2 aromatic rings. The molecule has 0 aromatic heterocycles. The lowest BCUT2D eigenvalue weighted by Crippen LogP contribution is -2.18. The minimum absolute atomic E-state index is 0.144. The Kier molecular flexibility index (Phi) is 5.06. The molecule has 0 bridgehead atoms. The second-order valence-corrected chi connectivity index (χ2v) is 4.89. The molecule has 4 nitrogen and oxygen atoms in total. The molecule has 2 aromatic carbocycles. The molecular formula is C17H21NO3. The van der Waals surface area contributed by atoms with Gasteiger partial charge in [-0.15, -0.1) is 0 Å². The van der Waals surface area contributed by atoms with Crippen molar-refractivity contribution in [2.45, 2.75) is 19.5 Å². The molecular weight excluding hydrogens is 266 g/mol. The molecule has 1 unspecified atom stereocenters. The number of benzene rings is 2. The van der Waals surface area contributed by atoms with E-state index < -0.39 is 0 Å². The van der Waals surface area contributed by atoms with Crippen LogP contribution >= 0.6 is 0 Å². The van der Waals surface area contributed by atoms with Crippen molar-refractivity contribution in [3.8, 4) is 17.2 Å². The van der Waals surface area contributed by atoms with Gasteiger partial charge in [-0.05, 0) is 42.3 Å². The molecule has 0 aliphatic heterocycles. The van der Waals surface area contributed by atoms with Gasteiger partial charge in [-0.3, -0.25) is 0 Å². The number of hydrogen-bond acceptors (Lipinski definition) is 4. The van der Waals surface area contributed by atoms with E-state index in [-0.39, 0.29) is 11.8 Å². The fraction of sp³-hybridized carbons (Fsp3) is 0.294. The van der Waals surface area contributed by atoms with Gasteiger partial charge in [0, 0.05) is 12.6 Å². The van der Waals surface area contributed by atoms with Crippen LogP contribution in [0.1, 0.15) is 24.1 Å². The molecule has 2 rings (SSSR count). The highest BCUT2D eigenvalue weighted by atomic mass is 16.5. The van der Waals surface area contributed by atoms with Gasteiger partial charge in [-0.2, -0.15) is 0 Å². The van der Waals surface area contributed by atoms with Gasteiger partial charge in [-0.25, -0.2) is 0 Å². The summed E-state index contributed by atoms with van der Waals surface area (Å²) < 4.78 is 10.5. The molecule has 0 aliphatic carbocycles. The maximum absolute atomic E-state index is 9.51. The number of rotatable bonds is 6. The van der Waals surface area contributed by atoms with Crippen LogP contribution in [-0.2, 0) is 6.54 Å². The summed E-state index contributed by atoms with van der Waals surface area (Å²) in [6, 6.07) is 13.3. The average molecular weight is 287 g/mol. The standard InChI is InChI=1S/C17H21NO3/c1-12(14-5-4-6-15(19)10-14)18-11-13-7-8-16(20-2)17(9-13)21-3/h4-10,12,18-19H,11H2,1-3H3. The molecule has 0 saturated heterocycles. The Balaban J connectivity index is 2.02. The summed E-state index contributed by atoms with van der Waals surface area (Å²) in [5.74, 6) is 1.73. The third-order valence-electron chi connectivity index (χ3n) is 3.43. The smallest absolute Gasteiger partial charge is 0.161 e. The van der Waals surface area contributed by atoms with Crippen LogP contribution in [0, 0.1) is 0 Å². The van der Waals surface area contributed by atoms with Crippen LogP contribution in [0.4, 0.5) is 0 Å². The predicted octanol–water partition coefficient (Wildman–Crippen LogP) is 3.26. The van der Waals surface area contributed by atoms with Crippen molar-refractivity contribution in [1.82, 2.24) is 5.32 Å². The van der Waals surface area contributed by atoms with Crippen LogP contribution in [0.5, 0.6) is 17.2 Å². The Bertz CT molecular complexity index is 598. The summed E-state index contributed by atoms with van der Waals surface area (Å²) in [5.41, 5.74) is 2.16. The summed E-state index contributed by atoms with van der Waals surface area (Å²) in [6.45, 7) is 2.77. The van der Waals surface area contributed by atoms with Crippen LogP contribution in [-0.4, -0.2) is 19.3 Å². The molecule has 0 fully saturated rings. The predicted molar refractivity (Wildman–Crippen MR) is 82.9 cm³/mol. The van der Waals surface area contributed by atoms with E-state index in [9.17, 15) is 5.11 Å². The van der Waals surface area contributed by atoms with Crippen molar-refractivity contribution in [2.24, 2.45) is 0 Å². The normalized spacial score (nSPS) is 12.0. The number of aromatic hydroxyl groups is 1. The average Bonchev–Trinajstić information content (AvgIpc) is 2.52. The van der Waals surface area contributed by atoms with Crippen LogP contribution in [0.3, 0.4) is 0 Å². The zero-order valence-corrected chi connectivity index (χ0v) is 12.6. The maximum Gasteiger partial charge on any atom is 0.161 e. The van der Waals surface area contributed by atoms with E-state index in [0.29, 0.717) is 6.54 Å². The van der Waals surface area contributed by atoms with Crippen molar-refractivity contribution < 1.29 is 14.6 Å². The summed E-state index contributed by atoms with van der Waals surface area (Å²) in [5, 5.41) is 12.9. The lowest BCUT2D eigenvalue weighted by atomic mass is 10.1. The molecule has 0 radical (unpaired) electrons. The summed E-state index contributed by atoms with van der Waals surface area (Å²) in [7, 11) is 3.25. The molecule has 21 heavy (non-hydrogen) atoms. The van der Waals surface area contributed by atoms with Gasteiger partial charge in [0.2, 0.25) is 0 Å². The van der Waals surface area contributed by atoms with Crippen LogP contribution in [0.2, 0.25) is 0 Å². The molecule has 0 aliphatic rings. The number of phenols is 1. The molecule has 1 atom stereocenters. The Hall–Kier alpha value is -2.20. The van der Waals surface area contributed by atoms with E-state index in [1.54, 1.807) is 26.4 Å². The molecule has 0 spiro atoms. The minimum atomic E-state index is 0.144. The number of phenolic OH excluding ortho intramolecular Hbond substituents is 1. The number of ether oxygens (including phenoxy) is 2. The molecule has 0 saturated carbocycles. The zero-order chi connectivity index (χ0) is 15.2. The van der Waals surface area contributed by atoms with Gasteiger partial charge in [-0.1, -0.05) is 18.2 Å². The van der Waals surface area contributed by atoms with Crippen molar-refractivity contribution in [1.29, 1.82) is 0 Å². The highest BCUT2D eigenvalue weighted by molar-refractivity contribution is 5.42. The van der Waals surface area contributed by atoms with Gasteiger partial charge in [0.05, 0.1) is 14.2 Å². The first-order valence-electron chi connectivity index (χ1n) is 6.87. The molecule has 4 heteroatoms. The SMILES string of the molecule is COc1ccc(CNC(C)c2cccc(O)c2)cc1OC. The number of methoxy groups -OCH3 is 2. The third kappa shape index (κ3) is 3.89. The van der Waals surface area contributed by atoms with Gasteiger partial charge in [0.25, 0.3) is 0 Å². The summed E-state index contributed by atoms with van der Waals surface area (Å²) >= 11 is 0. The second kappa shape index (κ2) is 6.99. The first-order valence-corrected chi connectivity index (χ1v) is 6.87. The molecule has 112 valence electrons. The van der Waals surface area contributed by atoms with Gasteiger partial charge < -0.3 is 19.9 Å². The first kappa shape index (κ1) is 15.2. The Labute approximate surface area is 125 Å². The van der Waals surface area contributed by atoms with E-state index in [2.05, 4.69) is 12.2 Å². The van der Waals surface area contributed by atoms with E-state index in [1.165, 1.54) is 0 Å². The quantitative estimate of drug-likeness (QED) is 0.856. The zero-order valence-electron chi connectivity index (χ0n) is 12.6. The number of hydrogen-bond donors (Lipinski definition) is 2. The van der Waals surface area contributed by atoms with E-state index in [4.69, 9.17) is 9.47 Å². The first-order chi connectivity index (χ1) is 10.1. The number of nitrogens with one attached hydrogen (secondary N) is 1. The lowest BCUT2D eigenvalue weighted by molar-refractivity contribution is 0.354. The molecule has 0 amide bonds. The lowest BCUT2D eigenvalue weighted by Gasteiger charge is -2.15. The highest BCUT2D eigenvalue weighted by Gasteiger charge is 2.08. The van der Waals surface area contributed by atoms with Crippen LogP contribution in [0.25, 0.3) is 0 Å². The molecule has 0 heterocycles. The van der Waals surface area contributed by atoms with E-state index in [0.717, 1.165) is 22.6 Å². The topological polar surface area (TPSA) is 50.7 Å². The maximum atomic E-state index is 9.51. The molecule has 2 N–H and O–H groups in total. The van der Waals surface area contributed by atoms with Crippen molar-refractivity contribution in [3.05, 3.63) is 53.6 Å². The van der Waals surface area contributed by atoms with Crippen molar-refractivity contribution in [2.75, 3.05) is 14.2 Å². The van der Waals surface area contributed by atoms with E-state index >= 15 is 0 Å². The minimum Gasteiger partial charge on any atom is -0.508 e. The van der Waals surface area contributed by atoms with Crippen molar-refractivity contribution >= 4 is 0 Å². The highest BCUT2D eigenvalue weighted by Crippen LogP contribution is 2.27. The van der Waals surface area contributed by atoms with E-state index in [1.807, 2.05) is 30.3 Å². The monoisotopic (exact) mass is 287 g/mol. The Morgan fingerprint density at radius 1 is 1.05 bits per heavy atom. The van der Waals surface area contributed by atoms with Crippen LogP contribution in [0.15, 0.2) is 42.5 Å². The van der Waals surface area contributed by atoms with Gasteiger partial charge >= 0.3 is 0 Å².